The van der Waals surface area contributed by atoms with E-state index in [-0.39, 0.29) is 17.2 Å². The fourth-order valence-electron chi connectivity index (χ4n) is 2.14. The standard InChI is InChI=1S/C20H32N2O2/c1-7-10-13-16(9-3)14-11-15-21-19(24)18(20(4,5)6)22-17(23)12-8-2/h8,11-12,15-16,18H,9,13-14H2,1-6H3,(H,21,24)(H,22,23). The molecule has 0 aliphatic heterocycles. The van der Waals surface area contributed by atoms with Crippen molar-refractivity contribution in [3.63, 3.8) is 0 Å². The van der Waals surface area contributed by atoms with E-state index in [2.05, 4.69) is 29.4 Å². The minimum absolute atomic E-state index is 0.210. The third kappa shape index (κ3) is 9.19. The number of nitrogens with one attached hydrogen (secondary N) is 2. The van der Waals surface area contributed by atoms with Gasteiger partial charge in [-0.05, 0) is 43.9 Å². The molecule has 0 aliphatic carbocycles. The molecule has 0 aromatic heterocycles. The van der Waals surface area contributed by atoms with Gasteiger partial charge >= 0.3 is 0 Å². The molecular formula is C20H32N2O2. The average Bonchev–Trinajstić information content (AvgIpc) is 2.51. The zero-order valence-corrected chi connectivity index (χ0v) is 15.9. The first-order valence-electron chi connectivity index (χ1n) is 8.54. The smallest absolute Gasteiger partial charge is 0.247 e. The molecule has 0 aromatic rings. The summed E-state index contributed by atoms with van der Waals surface area (Å²) < 4.78 is 0. The third-order valence-electron chi connectivity index (χ3n) is 3.69. The van der Waals surface area contributed by atoms with E-state index in [1.807, 2.05) is 33.8 Å². The topological polar surface area (TPSA) is 58.2 Å². The Morgan fingerprint density at radius 1 is 1.25 bits per heavy atom. The van der Waals surface area contributed by atoms with Crippen LogP contribution in [0.3, 0.4) is 0 Å². The van der Waals surface area contributed by atoms with Gasteiger partial charge in [0, 0.05) is 6.42 Å². The van der Waals surface area contributed by atoms with Gasteiger partial charge in [0.1, 0.15) is 6.04 Å². The number of hydrogen-bond acceptors (Lipinski definition) is 2. The van der Waals surface area contributed by atoms with E-state index >= 15 is 0 Å². The van der Waals surface area contributed by atoms with Crippen LogP contribution in [-0.4, -0.2) is 17.9 Å². The Labute approximate surface area is 147 Å². The quantitative estimate of drug-likeness (QED) is 0.527. The zero-order chi connectivity index (χ0) is 18.6. The van der Waals surface area contributed by atoms with Crippen LogP contribution < -0.4 is 10.6 Å². The molecule has 0 bridgehead atoms. The van der Waals surface area contributed by atoms with Crippen molar-refractivity contribution in [1.29, 1.82) is 0 Å². The van der Waals surface area contributed by atoms with Gasteiger partial charge in [0.25, 0.3) is 0 Å². The average molecular weight is 332 g/mol. The molecule has 24 heavy (non-hydrogen) atoms. The molecule has 0 spiro atoms. The van der Waals surface area contributed by atoms with Crippen molar-refractivity contribution in [3.8, 4) is 11.8 Å². The van der Waals surface area contributed by atoms with Crippen LogP contribution >= 0.6 is 0 Å². The molecule has 2 amide bonds. The lowest BCUT2D eigenvalue weighted by molar-refractivity contribution is -0.129. The van der Waals surface area contributed by atoms with Crippen LogP contribution in [0.25, 0.3) is 0 Å². The fourth-order valence-corrected chi connectivity index (χ4v) is 2.14. The summed E-state index contributed by atoms with van der Waals surface area (Å²) in [6.45, 7) is 11.5. The van der Waals surface area contributed by atoms with E-state index in [9.17, 15) is 9.59 Å². The van der Waals surface area contributed by atoms with Crippen molar-refractivity contribution in [1.82, 2.24) is 10.6 Å². The highest BCUT2D eigenvalue weighted by atomic mass is 16.2. The first-order valence-corrected chi connectivity index (χ1v) is 8.54. The molecule has 0 rings (SSSR count). The van der Waals surface area contributed by atoms with Crippen molar-refractivity contribution in [2.75, 3.05) is 0 Å². The van der Waals surface area contributed by atoms with Crippen LogP contribution in [0.5, 0.6) is 0 Å². The Hall–Kier alpha value is -2.02. The molecule has 0 heterocycles. The summed E-state index contributed by atoms with van der Waals surface area (Å²) in [4.78, 5) is 24.1. The van der Waals surface area contributed by atoms with E-state index in [1.54, 1.807) is 19.2 Å². The number of carbonyl (C=O) groups excluding carboxylic acids is 2. The molecule has 2 atom stereocenters. The van der Waals surface area contributed by atoms with Crippen molar-refractivity contribution < 1.29 is 9.59 Å². The summed E-state index contributed by atoms with van der Waals surface area (Å²) in [7, 11) is 0. The summed E-state index contributed by atoms with van der Waals surface area (Å²) in [5, 5.41) is 5.53. The molecule has 4 heteroatoms. The van der Waals surface area contributed by atoms with E-state index in [4.69, 9.17) is 0 Å². The fraction of sp³-hybridized carbons (Fsp3) is 0.600. The Bertz CT molecular complexity index is 516. The van der Waals surface area contributed by atoms with Gasteiger partial charge in [0.2, 0.25) is 11.8 Å². The van der Waals surface area contributed by atoms with E-state index < -0.39 is 6.04 Å². The minimum Gasteiger partial charge on any atom is -0.340 e. The highest BCUT2D eigenvalue weighted by Gasteiger charge is 2.31. The molecule has 2 unspecified atom stereocenters. The third-order valence-corrected chi connectivity index (χ3v) is 3.69. The molecule has 0 saturated heterocycles. The Balaban J connectivity index is 4.68. The number of carbonyl (C=O) groups is 2. The lowest BCUT2D eigenvalue weighted by atomic mass is 9.86. The molecule has 4 nitrogen and oxygen atoms in total. The monoisotopic (exact) mass is 332 g/mol. The van der Waals surface area contributed by atoms with Crippen molar-refractivity contribution in [2.45, 2.75) is 66.8 Å². The number of hydrogen-bond donors (Lipinski definition) is 2. The largest absolute Gasteiger partial charge is 0.340 e. The SMILES string of the molecule is CC#CCC(CC)CC=CNC(=O)C(NC(=O)C=CC)C(C)(C)C. The second-order valence-corrected chi connectivity index (χ2v) is 6.86. The predicted molar refractivity (Wildman–Crippen MR) is 99.9 cm³/mol. The lowest BCUT2D eigenvalue weighted by Gasteiger charge is -2.29. The summed E-state index contributed by atoms with van der Waals surface area (Å²) >= 11 is 0. The van der Waals surface area contributed by atoms with Crippen molar-refractivity contribution >= 4 is 11.8 Å². The van der Waals surface area contributed by atoms with Crippen LogP contribution in [0.1, 0.15) is 60.8 Å². The van der Waals surface area contributed by atoms with Gasteiger partial charge in [-0.3, -0.25) is 9.59 Å². The van der Waals surface area contributed by atoms with Crippen LogP contribution in [-0.2, 0) is 9.59 Å². The van der Waals surface area contributed by atoms with Crippen molar-refractivity contribution in [2.24, 2.45) is 11.3 Å². The van der Waals surface area contributed by atoms with E-state index in [0.29, 0.717) is 5.92 Å². The molecule has 2 N–H and O–H groups in total. The normalized spacial score (nSPS) is 14.1. The summed E-state index contributed by atoms with van der Waals surface area (Å²) in [6, 6.07) is -0.598. The van der Waals surface area contributed by atoms with Gasteiger partial charge in [-0.2, -0.15) is 0 Å². The molecule has 0 saturated carbocycles. The van der Waals surface area contributed by atoms with Gasteiger partial charge < -0.3 is 10.6 Å². The first kappa shape index (κ1) is 22.0. The highest BCUT2D eigenvalue weighted by Crippen LogP contribution is 2.19. The minimum atomic E-state index is -0.598. The second-order valence-electron chi connectivity index (χ2n) is 6.86. The second kappa shape index (κ2) is 11.5. The Morgan fingerprint density at radius 2 is 1.92 bits per heavy atom. The maximum atomic E-state index is 12.4. The van der Waals surface area contributed by atoms with Crippen LogP contribution in [0.2, 0.25) is 0 Å². The summed E-state index contributed by atoms with van der Waals surface area (Å²) in [5.74, 6) is 6.03. The summed E-state index contributed by atoms with van der Waals surface area (Å²) in [5.41, 5.74) is -0.377. The highest BCUT2D eigenvalue weighted by molar-refractivity contribution is 5.93. The molecular weight excluding hydrogens is 300 g/mol. The zero-order valence-electron chi connectivity index (χ0n) is 15.9. The van der Waals surface area contributed by atoms with Gasteiger partial charge in [-0.1, -0.05) is 46.3 Å². The first-order chi connectivity index (χ1) is 11.3. The Morgan fingerprint density at radius 3 is 2.42 bits per heavy atom. The van der Waals surface area contributed by atoms with Crippen LogP contribution in [0.4, 0.5) is 0 Å². The maximum absolute atomic E-state index is 12.4. The number of allylic oxidation sites excluding steroid dienone is 2. The van der Waals surface area contributed by atoms with Gasteiger partial charge in [-0.15, -0.1) is 11.8 Å². The number of rotatable bonds is 8. The van der Waals surface area contributed by atoms with Gasteiger partial charge in [0.15, 0.2) is 0 Å². The maximum Gasteiger partial charge on any atom is 0.247 e. The molecule has 0 aromatic carbocycles. The molecule has 0 radical (unpaired) electrons. The molecule has 0 aliphatic rings. The van der Waals surface area contributed by atoms with E-state index in [0.717, 1.165) is 19.3 Å². The Kier molecular flexibility index (Phi) is 10.5. The number of amides is 2. The van der Waals surface area contributed by atoms with Crippen LogP contribution in [0, 0.1) is 23.2 Å². The predicted octanol–water partition coefficient (Wildman–Crippen LogP) is 3.55. The van der Waals surface area contributed by atoms with Gasteiger partial charge in [-0.25, -0.2) is 0 Å². The molecule has 0 fully saturated rings. The summed E-state index contributed by atoms with van der Waals surface area (Å²) in [6.07, 6.45) is 9.49. The van der Waals surface area contributed by atoms with E-state index in [1.165, 1.54) is 6.08 Å². The lowest BCUT2D eigenvalue weighted by Crippen LogP contribution is -2.52. The molecule has 134 valence electrons. The van der Waals surface area contributed by atoms with Gasteiger partial charge in [0.05, 0.1) is 0 Å². The van der Waals surface area contributed by atoms with Crippen LogP contribution in [0.15, 0.2) is 24.4 Å². The van der Waals surface area contributed by atoms with Crippen molar-refractivity contribution in [3.05, 3.63) is 24.4 Å².